The highest BCUT2D eigenvalue weighted by Gasteiger charge is 2.17. The van der Waals surface area contributed by atoms with Gasteiger partial charge in [0.2, 0.25) is 0 Å². The van der Waals surface area contributed by atoms with Crippen molar-refractivity contribution >= 4 is 38.0 Å². The molecule has 2 heterocycles. The Morgan fingerprint density at radius 3 is 2.19 bits per heavy atom. The lowest BCUT2D eigenvalue weighted by Gasteiger charge is -2.11. The summed E-state index contributed by atoms with van der Waals surface area (Å²) in [6, 6.07) is 24.5. The van der Waals surface area contributed by atoms with Gasteiger partial charge in [0.05, 0.1) is 12.2 Å². The molecule has 0 bridgehead atoms. The van der Waals surface area contributed by atoms with Gasteiger partial charge in [-0.05, 0) is 28.5 Å². The van der Waals surface area contributed by atoms with Crippen LogP contribution >= 0.6 is 0 Å². The Bertz CT molecular complexity index is 1470. The summed E-state index contributed by atoms with van der Waals surface area (Å²) in [6.07, 6.45) is 0. The lowest BCUT2D eigenvalue weighted by atomic mass is 10.0. The van der Waals surface area contributed by atoms with Crippen molar-refractivity contribution in [3.05, 3.63) is 94.2 Å². The molecular weight excluding hydrogens is 320 g/mol. The number of aromatic nitrogens is 1. The molecule has 1 aromatic heterocycles. The zero-order valence-corrected chi connectivity index (χ0v) is 13.9. The zero-order valence-electron chi connectivity index (χ0n) is 13.9. The van der Waals surface area contributed by atoms with Crippen molar-refractivity contribution in [3.8, 4) is 0 Å². The maximum Gasteiger partial charge on any atom is 0.260 e. The van der Waals surface area contributed by atoms with Gasteiger partial charge in [-0.15, -0.1) is 0 Å². The Morgan fingerprint density at radius 2 is 1.38 bits per heavy atom. The highest BCUT2D eigenvalue weighted by molar-refractivity contribution is 6.09. The maximum absolute atomic E-state index is 13.3. The van der Waals surface area contributed by atoms with Gasteiger partial charge in [0.25, 0.3) is 5.56 Å². The first-order chi connectivity index (χ1) is 12.8. The summed E-state index contributed by atoms with van der Waals surface area (Å²) < 4.78 is 1.83. The SMILES string of the molecule is O=c1c2cccc3cccc(c4n1Cc1cccc5cccc(c15)N=4)c32. The molecule has 0 unspecified atom stereocenters. The summed E-state index contributed by atoms with van der Waals surface area (Å²) in [5, 5.41) is 6.18. The fourth-order valence-electron chi connectivity index (χ4n) is 4.27. The first-order valence-corrected chi connectivity index (χ1v) is 8.74. The fourth-order valence-corrected chi connectivity index (χ4v) is 4.27. The third kappa shape index (κ3) is 1.67. The average molecular weight is 334 g/mol. The van der Waals surface area contributed by atoms with Crippen LogP contribution in [0.2, 0.25) is 0 Å². The summed E-state index contributed by atoms with van der Waals surface area (Å²) in [5.41, 5.74) is 2.84. The molecule has 26 heavy (non-hydrogen) atoms. The molecule has 3 nitrogen and oxygen atoms in total. The summed E-state index contributed by atoms with van der Waals surface area (Å²) >= 11 is 0. The standard InChI is InChI=1S/C23H14N2O/c26-23-18-11-3-7-15-6-2-10-17(21(15)18)22-24-19-12-4-8-14-5-1-9-16(20(14)19)13-25(22)23/h1-12H,13H2. The van der Waals surface area contributed by atoms with Crippen molar-refractivity contribution in [2.75, 3.05) is 0 Å². The van der Waals surface area contributed by atoms with Crippen LogP contribution < -0.4 is 11.0 Å². The van der Waals surface area contributed by atoms with E-state index in [1.54, 1.807) is 0 Å². The minimum Gasteiger partial charge on any atom is -0.288 e. The van der Waals surface area contributed by atoms with Crippen LogP contribution in [0.5, 0.6) is 0 Å². The minimum atomic E-state index is 0.0258. The summed E-state index contributed by atoms with van der Waals surface area (Å²) in [6.45, 7) is 0.538. The van der Waals surface area contributed by atoms with Crippen molar-refractivity contribution in [1.82, 2.24) is 4.57 Å². The van der Waals surface area contributed by atoms with Crippen molar-refractivity contribution < 1.29 is 0 Å². The van der Waals surface area contributed by atoms with Crippen LogP contribution in [0.4, 0.5) is 5.69 Å². The number of benzene rings is 4. The smallest absolute Gasteiger partial charge is 0.260 e. The van der Waals surface area contributed by atoms with Crippen molar-refractivity contribution in [2.45, 2.75) is 6.54 Å². The molecule has 5 aromatic rings. The van der Waals surface area contributed by atoms with E-state index < -0.39 is 0 Å². The third-order valence-electron chi connectivity index (χ3n) is 5.40. The molecule has 0 N–H and O–H groups in total. The molecule has 4 aromatic carbocycles. The number of rotatable bonds is 0. The summed E-state index contributed by atoms with van der Waals surface area (Å²) in [4.78, 5) is 18.3. The summed E-state index contributed by atoms with van der Waals surface area (Å²) in [5.74, 6) is 0. The first-order valence-electron chi connectivity index (χ1n) is 8.74. The molecule has 0 radical (unpaired) electrons. The van der Waals surface area contributed by atoms with Gasteiger partial charge < -0.3 is 0 Å². The molecule has 1 aliphatic heterocycles. The number of pyridine rings is 1. The Balaban J connectivity index is 1.91. The van der Waals surface area contributed by atoms with Crippen LogP contribution in [-0.4, -0.2) is 4.57 Å². The van der Waals surface area contributed by atoms with Gasteiger partial charge >= 0.3 is 0 Å². The predicted molar refractivity (Wildman–Crippen MR) is 105 cm³/mol. The molecule has 122 valence electrons. The Hall–Kier alpha value is -3.46. The topological polar surface area (TPSA) is 34.4 Å². The van der Waals surface area contributed by atoms with E-state index in [1.165, 1.54) is 0 Å². The minimum absolute atomic E-state index is 0.0258. The Morgan fingerprint density at radius 1 is 0.731 bits per heavy atom. The molecule has 0 spiro atoms. The maximum atomic E-state index is 13.3. The highest BCUT2D eigenvalue weighted by Crippen LogP contribution is 2.31. The van der Waals surface area contributed by atoms with E-state index in [4.69, 9.17) is 4.99 Å². The van der Waals surface area contributed by atoms with Gasteiger partial charge in [0.1, 0.15) is 5.49 Å². The van der Waals surface area contributed by atoms with Crippen LogP contribution in [-0.2, 0) is 6.54 Å². The molecule has 0 fully saturated rings. The zero-order chi connectivity index (χ0) is 17.3. The van der Waals surface area contributed by atoms with E-state index in [-0.39, 0.29) is 5.56 Å². The Labute approximate surface area is 148 Å². The van der Waals surface area contributed by atoms with Gasteiger partial charge in [0, 0.05) is 21.5 Å². The quantitative estimate of drug-likeness (QED) is 0.407. The van der Waals surface area contributed by atoms with Crippen molar-refractivity contribution in [2.24, 2.45) is 4.99 Å². The van der Waals surface area contributed by atoms with E-state index in [0.29, 0.717) is 6.54 Å². The van der Waals surface area contributed by atoms with Gasteiger partial charge in [-0.2, -0.15) is 0 Å². The number of hydrogen-bond acceptors (Lipinski definition) is 2. The second-order valence-electron chi connectivity index (χ2n) is 6.83. The highest BCUT2D eigenvalue weighted by atomic mass is 16.1. The van der Waals surface area contributed by atoms with Crippen LogP contribution in [0.15, 0.2) is 82.6 Å². The largest absolute Gasteiger partial charge is 0.288 e. The van der Waals surface area contributed by atoms with E-state index in [2.05, 4.69) is 42.5 Å². The molecule has 0 saturated heterocycles. The molecule has 0 amide bonds. The number of hydrogen-bond donors (Lipinski definition) is 0. The lowest BCUT2D eigenvalue weighted by Crippen LogP contribution is -2.34. The second kappa shape index (κ2) is 4.79. The average Bonchev–Trinajstić information content (AvgIpc) is 2.85. The van der Waals surface area contributed by atoms with E-state index in [1.807, 2.05) is 34.9 Å². The van der Waals surface area contributed by atoms with Gasteiger partial charge in [-0.1, -0.05) is 60.7 Å². The van der Waals surface area contributed by atoms with Crippen LogP contribution in [0, 0.1) is 0 Å². The molecule has 3 heteroatoms. The molecule has 1 aliphatic rings. The molecule has 0 saturated carbocycles. The normalized spacial score (nSPS) is 12.9. The van der Waals surface area contributed by atoms with E-state index in [0.717, 1.165) is 49.1 Å². The van der Waals surface area contributed by atoms with Gasteiger partial charge in [0.15, 0.2) is 0 Å². The van der Waals surface area contributed by atoms with Gasteiger partial charge in [-0.3, -0.25) is 9.36 Å². The second-order valence-corrected chi connectivity index (χ2v) is 6.83. The lowest BCUT2D eigenvalue weighted by molar-refractivity contribution is 0.739. The fraction of sp³-hybridized carbons (Fsp3) is 0.0435. The predicted octanol–water partition coefficient (Wildman–Crippen LogP) is 4.34. The third-order valence-corrected chi connectivity index (χ3v) is 5.40. The van der Waals surface area contributed by atoms with Crippen molar-refractivity contribution in [3.63, 3.8) is 0 Å². The molecule has 6 rings (SSSR count). The van der Waals surface area contributed by atoms with Crippen molar-refractivity contribution in [1.29, 1.82) is 0 Å². The van der Waals surface area contributed by atoms with Gasteiger partial charge in [-0.25, -0.2) is 4.99 Å². The van der Waals surface area contributed by atoms with Crippen LogP contribution in [0.25, 0.3) is 32.3 Å². The van der Waals surface area contributed by atoms with E-state index >= 15 is 0 Å². The van der Waals surface area contributed by atoms with E-state index in [9.17, 15) is 4.79 Å². The number of fused-ring (bicyclic) bond motifs is 2. The van der Waals surface area contributed by atoms with Crippen LogP contribution in [0.3, 0.4) is 0 Å². The summed E-state index contributed by atoms with van der Waals surface area (Å²) in [7, 11) is 0. The monoisotopic (exact) mass is 334 g/mol. The first kappa shape index (κ1) is 13.8. The van der Waals surface area contributed by atoms with Crippen LogP contribution in [0.1, 0.15) is 5.56 Å². The molecule has 0 aliphatic carbocycles. The Kier molecular flexibility index (Phi) is 2.54. The molecule has 0 atom stereocenters. The number of nitrogens with zero attached hydrogens (tertiary/aromatic N) is 2. The molecular formula is C23H14N2O.